The molecule has 0 bridgehead atoms. The SMILES string of the molecule is CN[C@@H](C)C(=O)N[C@H](C(=O)N1CC[C@H](F)[C@H]1CN(CCc1ccccc1)C(=O)c1ccc2cc(C(=O)N(CCc3ccccc3)C[C@H]3[C@@H](F)CCN3C(=O)[C@@H](NC(=O)[C@H](C)NC)C3CCCCC3)ccc2c1)C1CCCCC1. The lowest BCUT2D eigenvalue weighted by Crippen LogP contribution is -2.58. The molecule has 0 unspecified atom stereocenters. The summed E-state index contributed by atoms with van der Waals surface area (Å²) in [6.07, 6.45) is 7.54. The van der Waals surface area contributed by atoms with Crippen molar-refractivity contribution in [1.82, 2.24) is 40.9 Å². The molecule has 6 amide bonds. The van der Waals surface area contributed by atoms with Crippen molar-refractivity contribution >= 4 is 46.2 Å². The summed E-state index contributed by atoms with van der Waals surface area (Å²) in [7, 11) is 3.38. The molecular weight excluding hydrogens is 991 g/mol. The maximum atomic E-state index is 16.3. The van der Waals surface area contributed by atoms with Crippen LogP contribution in [0.1, 0.15) is 123 Å². The summed E-state index contributed by atoms with van der Waals surface area (Å²) in [5, 5.41) is 13.4. The van der Waals surface area contributed by atoms with Crippen molar-refractivity contribution in [3.8, 4) is 0 Å². The average molecular weight is 1070 g/mol. The summed E-state index contributed by atoms with van der Waals surface area (Å²) in [5.41, 5.74) is 2.73. The molecule has 16 heteroatoms. The Morgan fingerprint density at radius 2 is 0.897 bits per heavy atom. The number of hydrogen-bond acceptors (Lipinski definition) is 8. The van der Waals surface area contributed by atoms with E-state index in [1.54, 1.807) is 83.9 Å². The number of likely N-dealkylation sites (N-methyl/N-ethyl adjacent to an activating group) is 2. The van der Waals surface area contributed by atoms with Crippen LogP contribution in [-0.4, -0.2) is 157 Å². The van der Waals surface area contributed by atoms with Gasteiger partial charge in [-0.2, -0.15) is 0 Å². The molecule has 4 aromatic carbocycles. The molecule has 8 atom stereocenters. The Labute approximate surface area is 459 Å². The van der Waals surface area contributed by atoms with Gasteiger partial charge in [-0.1, -0.05) is 111 Å². The number of carbonyl (C=O) groups is 6. The first-order valence-corrected chi connectivity index (χ1v) is 28.8. The van der Waals surface area contributed by atoms with Gasteiger partial charge >= 0.3 is 0 Å². The quantitative estimate of drug-likeness (QED) is 0.0632. The molecule has 2 aliphatic heterocycles. The maximum absolute atomic E-state index is 16.3. The molecule has 2 saturated heterocycles. The molecule has 420 valence electrons. The van der Waals surface area contributed by atoms with Crippen LogP contribution in [0.25, 0.3) is 10.8 Å². The Hall–Kier alpha value is -6.26. The molecule has 0 spiro atoms. The predicted octanol–water partition coefficient (Wildman–Crippen LogP) is 7.43. The molecule has 4 fully saturated rings. The highest BCUT2D eigenvalue weighted by Crippen LogP contribution is 2.33. The second-order valence-electron chi connectivity index (χ2n) is 22.3. The molecule has 8 rings (SSSR count). The number of halogens is 2. The fourth-order valence-corrected chi connectivity index (χ4v) is 12.2. The van der Waals surface area contributed by atoms with E-state index < -0.39 is 48.6 Å². The van der Waals surface area contributed by atoms with E-state index in [1.165, 1.54) is 0 Å². The van der Waals surface area contributed by atoms with Crippen molar-refractivity contribution < 1.29 is 37.5 Å². The predicted molar refractivity (Wildman–Crippen MR) is 300 cm³/mol. The van der Waals surface area contributed by atoms with Crippen molar-refractivity contribution in [2.45, 2.75) is 152 Å². The van der Waals surface area contributed by atoms with E-state index in [1.807, 2.05) is 60.7 Å². The summed E-state index contributed by atoms with van der Waals surface area (Å²) < 4.78 is 32.6. The highest BCUT2D eigenvalue weighted by Gasteiger charge is 2.46. The van der Waals surface area contributed by atoms with Crippen molar-refractivity contribution in [2.24, 2.45) is 11.8 Å². The Morgan fingerprint density at radius 3 is 1.26 bits per heavy atom. The summed E-state index contributed by atoms with van der Waals surface area (Å²) in [5.74, 6) is -2.00. The van der Waals surface area contributed by atoms with Crippen LogP contribution in [0.5, 0.6) is 0 Å². The standard InChI is InChI=1S/C62H82F2N8O6/c1-41(65-3)57(73)67-55(45-21-13-7-14-22-45)61(77)71-35-31-51(63)53(71)39-69(33-29-43-17-9-5-10-18-43)59(75)49-27-25-48-38-50(28-26-47(48)37-49)60(76)70(34-30-44-19-11-6-12-20-44)40-54-52(64)32-36-72(54)62(78)56(46-23-15-8-16-24-46)68-58(74)42(2)66-4/h5-6,9-12,17-20,25-28,37-38,41-42,45-46,51-56,65-66H,7-8,13-16,21-24,29-36,39-40H2,1-4H3,(H,67,73)(H,68,74)/t41-,42-,51-,52-,53-,54+,55-,56-/m0/s1. The second kappa shape index (κ2) is 27.6. The van der Waals surface area contributed by atoms with Crippen LogP contribution in [0, 0.1) is 11.8 Å². The van der Waals surface area contributed by atoms with Crippen molar-refractivity contribution in [1.29, 1.82) is 0 Å². The lowest BCUT2D eigenvalue weighted by Gasteiger charge is -2.37. The number of rotatable bonds is 22. The van der Waals surface area contributed by atoms with Gasteiger partial charge in [0.15, 0.2) is 0 Å². The number of alkyl halides is 2. The third-order valence-corrected chi connectivity index (χ3v) is 17.3. The van der Waals surface area contributed by atoms with Crippen LogP contribution in [0.15, 0.2) is 97.1 Å². The van der Waals surface area contributed by atoms with Gasteiger partial charge in [-0.05, 0) is 137 Å². The van der Waals surface area contributed by atoms with Gasteiger partial charge < -0.3 is 40.9 Å². The summed E-state index contributed by atoms with van der Waals surface area (Å²) in [4.78, 5) is 91.9. The van der Waals surface area contributed by atoms with E-state index >= 15 is 8.78 Å². The zero-order chi connectivity index (χ0) is 55.3. The number of nitrogens with one attached hydrogen (secondary N) is 4. The van der Waals surface area contributed by atoms with Crippen LogP contribution in [-0.2, 0) is 32.0 Å². The van der Waals surface area contributed by atoms with Crippen LogP contribution in [0.4, 0.5) is 8.78 Å². The number of hydrogen-bond donors (Lipinski definition) is 4. The Balaban J connectivity index is 1.03. The topological polar surface area (TPSA) is 163 Å². The normalized spacial score (nSPS) is 21.6. The van der Waals surface area contributed by atoms with Gasteiger partial charge in [0.25, 0.3) is 11.8 Å². The number of likely N-dealkylation sites (tertiary alicyclic amines) is 2. The Morgan fingerprint density at radius 1 is 0.526 bits per heavy atom. The van der Waals surface area contributed by atoms with Gasteiger partial charge in [0.2, 0.25) is 23.6 Å². The first kappa shape index (κ1) is 57.9. The van der Waals surface area contributed by atoms with E-state index in [9.17, 15) is 28.8 Å². The largest absolute Gasteiger partial charge is 0.343 e. The molecule has 2 heterocycles. The lowest BCUT2D eigenvalue weighted by molar-refractivity contribution is -0.140. The van der Waals surface area contributed by atoms with Crippen LogP contribution in [0.2, 0.25) is 0 Å². The summed E-state index contributed by atoms with van der Waals surface area (Å²) in [6, 6.07) is 25.5. The molecule has 4 N–H and O–H groups in total. The van der Waals surface area contributed by atoms with E-state index in [4.69, 9.17) is 0 Å². The zero-order valence-electron chi connectivity index (χ0n) is 46.1. The number of nitrogens with zero attached hydrogens (tertiary/aromatic N) is 4. The van der Waals surface area contributed by atoms with E-state index in [-0.39, 0.29) is 99.4 Å². The molecule has 14 nitrogen and oxygen atoms in total. The molecule has 78 heavy (non-hydrogen) atoms. The smallest absolute Gasteiger partial charge is 0.253 e. The summed E-state index contributed by atoms with van der Waals surface area (Å²) >= 11 is 0. The molecule has 2 aliphatic carbocycles. The minimum atomic E-state index is -1.38. The van der Waals surface area contributed by atoms with Gasteiger partial charge in [-0.15, -0.1) is 0 Å². The minimum absolute atomic E-state index is 0.0453. The van der Waals surface area contributed by atoms with Gasteiger partial charge in [0, 0.05) is 50.4 Å². The molecule has 4 aliphatic rings. The van der Waals surface area contributed by atoms with Crippen LogP contribution in [0.3, 0.4) is 0 Å². The molecule has 0 aromatic heterocycles. The van der Waals surface area contributed by atoms with E-state index in [2.05, 4.69) is 21.3 Å². The van der Waals surface area contributed by atoms with E-state index in [0.717, 1.165) is 75.3 Å². The molecule has 2 saturated carbocycles. The third kappa shape index (κ3) is 14.3. The maximum Gasteiger partial charge on any atom is 0.253 e. The zero-order valence-corrected chi connectivity index (χ0v) is 46.1. The van der Waals surface area contributed by atoms with Gasteiger partial charge in [0.1, 0.15) is 24.4 Å². The number of fused-ring (bicyclic) bond motifs is 1. The van der Waals surface area contributed by atoms with Crippen molar-refractivity contribution in [2.75, 3.05) is 53.4 Å². The summed E-state index contributed by atoms with van der Waals surface area (Å²) in [6.45, 7) is 4.26. The fraction of sp³-hybridized carbons (Fsp3) is 0.548. The minimum Gasteiger partial charge on any atom is -0.343 e. The molecule has 0 radical (unpaired) electrons. The van der Waals surface area contributed by atoms with Crippen molar-refractivity contribution in [3.63, 3.8) is 0 Å². The second-order valence-corrected chi connectivity index (χ2v) is 22.3. The lowest BCUT2D eigenvalue weighted by atomic mass is 9.83. The van der Waals surface area contributed by atoms with Gasteiger partial charge in [0.05, 0.1) is 24.2 Å². The Kier molecular flexibility index (Phi) is 20.5. The van der Waals surface area contributed by atoms with Crippen molar-refractivity contribution in [3.05, 3.63) is 119 Å². The molecular formula is C62H82F2N8O6. The first-order chi connectivity index (χ1) is 37.7. The average Bonchev–Trinajstić information content (AvgIpc) is 4.06. The highest BCUT2D eigenvalue weighted by molar-refractivity contribution is 6.02. The van der Waals surface area contributed by atoms with Gasteiger partial charge in [-0.25, -0.2) is 8.78 Å². The number of benzene rings is 4. The van der Waals surface area contributed by atoms with E-state index in [0.29, 0.717) is 34.7 Å². The highest BCUT2D eigenvalue weighted by atomic mass is 19.1. The third-order valence-electron chi connectivity index (χ3n) is 17.3. The monoisotopic (exact) mass is 1070 g/mol. The first-order valence-electron chi connectivity index (χ1n) is 28.8. The van der Waals surface area contributed by atoms with Crippen LogP contribution >= 0.6 is 0 Å². The Bertz CT molecular complexity index is 2490. The van der Waals surface area contributed by atoms with Crippen LogP contribution < -0.4 is 21.3 Å². The molecule has 4 aromatic rings. The fourth-order valence-electron chi connectivity index (χ4n) is 12.2. The number of carbonyl (C=O) groups excluding carboxylic acids is 6. The number of amides is 6. The van der Waals surface area contributed by atoms with Gasteiger partial charge in [-0.3, -0.25) is 28.8 Å².